The first-order valence-electron chi connectivity index (χ1n) is 8.03. The zero-order chi connectivity index (χ0) is 18.3. The van der Waals surface area contributed by atoms with Crippen molar-refractivity contribution in [2.75, 3.05) is 17.7 Å². The molecule has 1 aliphatic heterocycles. The molecular formula is C16H18N6O4. The van der Waals surface area contributed by atoms with Gasteiger partial charge in [-0.2, -0.15) is 9.97 Å². The average molecular weight is 358 g/mol. The van der Waals surface area contributed by atoms with E-state index in [2.05, 4.69) is 20.3 Å². The molecule has 4 atom stereocenters. The van der Waals surface area contributed by atoms with Crippen molar-refractivity contribution < 1.29 is 20.1 Å². The zero-order valence-electron chi connectivity index (χ0n) is 13.6. The van der Waals surface area contributed by atoms with Crippen LogP contribution in [0.2, 0.25) is 0 Å². The summed E-state index contributed by atoms with van der Waals surface area (Å²) in [6.45, 7) is -0.417. The molecule has 2 aromatic heterocycles. The summed E-state index contributed by atoms with van der Waals surface area (Å²) in [5.41, 5.74) is 7.45. The van der Waals surface area contributed by atoms with Crippen molar-refractivity contribution in [2.45, 2.75) is 24.5 Å². The number of nitrogens with one attached hydrogen (secondary N) is 1. The van der Waals surface area contributed by atoms with Crippen LogP contribution in [0.4, 0.5) is 17.5 Å². The second-order valence-electron chi connectivity index (χ2n) is 5.98. The smallest absolute Gasteiger partial charge is 0.231 e. The Morgan fingerprint density at radius 3 is 2.62 bits per heavy atom. The highest BCUT2D eigenvalue weighted by molar-refractivity contribution is 5.83. The molecule has 10 heteroatoms. The van der Waals surface area contributed by atoms with Gasteiger partial charge in [0.15, 0.2) is 17.7 Å². The summed E-state index contributed by atoms with van der Waals surface area (Å²) in [4.78, 5) is 12.8. The standard InChI is InChI=1S/C16H18N6O4/c17-13-10-14(21-16(20-13)19-8-4-2-1-3-5-8)22(7-18-10)15-12(25)11(24)9(6-23)26-15/h1-5,7,9,11-12,15,23-25H,6H2,(H3,17,19,20,21)/t9-,11-,12+,15-/m1/s1. The van der Waals surface area contributed by atoms with Crippen molar-refractivity contribution in [1.82, 2.24) is 19.5 Å². The van der Waals surface area contributed by atoms with Gasteiger partial charge in [0.2, 0.25) is 5.95 Å². The van der Waals surface area contributed by atoms with E-state index in [1.165, 1.54) is 10.9 Å². The fourth-order valence-corrected chi connectivity index (χ4v) is 2.94. The van der Waals surface area contributed by atoms with Gasteiger partial charge in [-0.1, -0.05) is 18.2 Å². The van der Waals surface area contributed by atoms with Crippen molar-refractivity contribution >= 4 is 28.6 Å². The SMILES string of the molecule is Nc1nc(Nc2ccccc2)nc2c1ncn2[C@@H]1O[C@H](CO)[C@@H](O)[C@@H]1O. The first kappa shape index (κ1) is 16.7. The second-order valence-corrected chi connectivity index (χ2v) is 5.98. The van der Waals surface area contributed by atoms with Crippen LogP contribution < -0.4 is 11.1 Å². The lowest BCUT2D eigenvalue weighted by atomic mass is 10.1. The molecule has 4 rings (SSSR count). The third-order valence-electron chi connectivity index (χ3n) is 4.27. The predicted molar refractivity (Wildman–Crippen MR) is 92.5 cm³/mol. The van der Waals surface area contributed by atoms with Crippen molar-refractivity contribution in [3.8, 4) is 0 Å². The molecule has 1 aromatic carbocycles. The van der Waals surface area contributed by atoms with Crippen LogP contribution in [0.15, 0.2) is 36.7 Å². The largest absolute Gasteiger partial charge is 0.394 e. The number of aliphatic hydroxyl groups is 3. The summed E-state index contributed by atoms with van der Waals surface area (Å²) in [5, 5.41) is 32.5. The van der Waals surface area contributed by atoms with E-state index in [0.717, 1.165) is 5.69 Å². The topological polar surface area (TPSA) is 152 Å². The number of aliphatic hydroxyl groups excluding tert-OH is 3. The molecule has 0 unspecified atom stereocenters. The second kappa shape index (κ2) is 6.50. The van der Waals surface area contributed by atoms with E-state index in [9.17, 15) is 15.3 Å². The number of ether oxygens (including phenoxy) is 1. The number of para-hydroxylation sites is 1. The van der Waals surface area contributed by atoms with E-state index in [1.807, 2.05) is 30.3 Å². The molecule has 1 fully saturated rings. The van der Waals surface area contributed by atoms with Gasteiger partial charge in [-0.25, -0.2) is 4.98 Å². The van der Waals surface area contributed by atoms with Crippen LogP contribution in [0.5, 0.6) is 0 Å². The molecule has 3 heterocycles. The van der Waals surface area contributed by atoms with Crippen LogP contribution in [0.1, 0.15) is 6.23 Å². The number of hydrogen-bond donors (Lipinski definition) is 5. The summed E-state index contributed by atoms with van der Waals surface area (Å²) < 4.78 is 7.00. The maximum absolute atomic E-state index is 10.2. The van der Waals surface area contributed by atoms with Crippen LogP contribution >= 0.6 is 0 Å². The Morgan fingerprint density at radius 2 is 1.92 bits per heavy atom. The maximum atomic E-state index is 10.2. The minimum Gasteiger partial charge on any atom is -0.394 e. The number of imidazole rings is 1. The molecule has 1 saturated heterocycles. The summed E-state index contributed by atoms with van der Waals surface area (Å²) in [6, 6.07) is 9.34. The summed E-state index contributed by atoms with van der Waals surface area (Å²) >= 11 is 0. The number of nitrogens with two attached hydrogens (primary N) is 1. The Hall–Kier alpha value is -2.79. The molecule has 1 aliphatic rings. The van der Waals surface area contributed by atoms with Gasteiger partial charge in [0.05, 0.1) is 12.9 Å². The van der Waals surface area contributed by atoms with E-state index in [-0.39, 0.29) is 11.8 Å². The van der Waals surface area contributed by atoms with Gasteiger partial charge in [-0.05, 0) is 12.1 Å². The monoisotopic (exact) mass is 358 g/mol. The molecule has 6 N–H and O–H groups in total. The average Bonchev–Trinajstić information content (AvgIpc) is 3.18. The van der Waals surface area contributed by atoms with Crippen molar-refractivity contribution in [2.24, 2.45) is 0 Å². The van der Waals surface area contributed by atoms with E-state index < -0.39 is 31.1 Å². The molecule has 0 saturated carbocycles. The van der Waals surface area contributed by atoms with Gasteiger partial charge in [-0.3, -0.25) is 4.57 Å². The molecule has 10 nitrogen and oxygen atoms in total. The predicted octanol–water partition coefficient (Wildman–Crippen LogP) is -0.236. The highest BCUT2D eigenvalue weighted by Crippen LogP contribution is 2.32. The quantitative estimate of drug-likeness (QED) is 0.425. The molecule has 0 spiro atoms. The molecular weight excluding hydrogens is 340 g/mol. The van der Waals surface area contributed by atoms with Crippen molar-refractivity contribution in [3.63, 3.8) is 0 Å². The van der Waals surface area contributed by atoms with Gasteiger partial charge < -0.3 is 31.1 Å². The number of anilines is 3. The van der Waals surface area contributed by atoms with Crippen molar-refractivity contribution in [3.05, 3.63) is 36.7 Å². The summed E-state index contributed by atoms with van der Waals surface area (Å²) in [6.07, 6.45) is -2.91. The summed E-state index contributed by atoms with van der Waals surface area (Å²) in [5.74, 6) is 0.425. The third-order valence-corrected chi connectivity index (χ3v) is 4.27. The lowest BCUT2D eigenvalue weighted by molar-refractivity contribution is -0.0511. The first-order valence-corrected chi connectivity index (χ1v) is 8.03. The van der Waals surface area contributed by atoms with Gasteiger partial charge in [0, 0.05) is 5.69 Å². The highest BCUT2D eigenvalue weighted by atomic mass is 16.6. The van der Waals surface area contributed by atoms with Crippen LogP contribution in [0, 0.1) is 0 Å². The van der Waals surface area contributed by atoms with E-state index in [0.29, 0.717) is 11.2 Å². The lowest BCUT2D eigenvalue weighted by Gasteiger charge is -2.16. The number of benzene rings is 1. The van der Waals surface area contributed by atoms with Gasteiger partial charge >= 0.3 is 0 Å². The zero-order valence-corrected chi connectivity index (χ0v) is 13.6. The molecule has 26 heavy (non-hydrogen) atoms. The molecule has 3 aromatic rings. The van der Waals surface area contributed by atoms with Gasteiger partial charge in [0.25, 0.3) is 0 Å². The Kier molecular flexibility index (Phi) is 4.17. The number of hydrogen-bond acceptors (Lipinski definition) is 9. The molecule has 0 radical (unpaired) electrons. The maximum Gasteiger partial charge on any atom is 0.231 e. The van der Waals surface area contributed by atoms with Gasteiger partial charge in [-0.15, -0.1) is 0 Å². The molecule has 0 amide bonds. The minimum atomic E-state index is -1.24. The minimum absolute atomic E-state index is 0.166. The Labute approximate surface area is 147 Å². The number of rotatable bonds is 4. The first-order chi connectivity index (χ1) is 12.6. The van der Waals surface area contributed by atoms with E-state index in [1.54, 1.807) is 0 Å². The number of nitrogens with zero attached hydrogens (tertiary/aromatic N) is 4. The Balaban J connectivity index is 1.73. The Morgan fingerprint density at radius 1 is 1.15 bits per heavy atom. The van der Waals surface area contributed by atoms with E-state index in [4.69, 9.17) is 10.5 Å². The molecule has 0 bridgehead atoms. The van der Waals surface area contributed by atoms with Crippen molar-refractivity contribution in [1.29, 1.82) is 0 Å². The van der Waals surface area contributed by atoms with Crippen LogP contribution in [0.3, 0.4) is 0 Å². The molecule has 136 valence electrons. The highest BCUT2D eigenvalue weighted by Gasteiger charge is 2.44. The molecule has 0 aliphatic carbocycles. The van der Waals surface area contributed by atoms with E-state index >= 15 is 0 Å². The number of fused-ring (bicyclic) bond motifs is 1. The van der Waals surface area contributed by atoms with Crippen LogP contribution in [-0.4, -0.2) is 59.8 Å². The van der Waals surface area contributed by atoms with Gasteiger partial charge in [0.1, 0.15) is 23.8 Å². The fraction of sp³-hybridized carbons (Fsp3) is 0.312. The lowest BCUT2D eigenvalue weighted by Crippen LogP contribution is -2.33. The summed E-state index contributed by atoms with van der Waals surface area (Å²) in [7, 11) is 0. The Bertz CT molecular complexity index is 918. The van der Waals surface area contributed by atoms with Crippen LogP contribution in [-0.2, 0) is 4.74 Å². The number of nitrogen functional groups attached to an aromatic ring is 1. The van der Waals surface area contributed by atoms with Crippen LogP contribution in [0.25, 0.3) is 11.2 Å². The number of aromatic nitrogens is 4. The normalized spacial score (nSPS) is 25.7. The third kappa shape index (κ3) is 2.74. The fourth-order valence-electron chi connectivity index (χ4n) is 2.94.